The smallest absolute Gasteiger partial charge is 0.211 e. The first-order valence-electron chi connectivity index (χ1n) is 16.2. The van der Waals surface area contributed by atoms with Crippen LogP contribution in [0.3, 0.4) is 0 Å². The van der Waals surface area contributed by atoms with Gasteiger partial charge in [0.15, 0.2) is 5.78 Å². The number of hydrogen-bond donors (Lipinski definition) is 8. The van der Waals surface area contributed by atoms with Gasteiger partial charge in [-0.05, 0) is 103 Å². The van der Waals surface area contributed by atoms with E-state index in [-0.39, 0.29) is 61.1 Å². The maximum Gasteiger partial charge on any atom is 0.211 e. The van der Waals surface area contributed by atoms with Crippen LogP contribution in [0.2, 0.25) is 0 Å². The van der Waals surface area contributed by atoms with E-state index in [9.17, 15) is 9.59 Å². The number of ketones is 2. The molecule has 0 atom stereocenters. The lowest BCUT2D eigenvalue weighted by molar-refractivity contribution is -0.117. The number of guanidine groups is 3. The van der Waals surface area contributed by atoms with E-state index in [0.29, 0.717) is 45.1 Å². The fourth-order valence-electron chi connectivity index (χ4n) is 4.94. The van der Waals surface area contributed by atoms with Gasteiger partial charge in [-0.3, -0.25) is 20.0 Å². The number of hydrogen-bond acceptors (Lipinski definition) is 10. The highest BCUT2D eigenvalue weighted by molar-refractivity contribution is 6.08. The molecule has 0 saturated carbocycles. The first-order valence-corrected chi connectivity index (χ1v) is 16.2. The number of aliphatic imine (C=N–C) groups is 1. The van der Waals surface area contributed by atoms with Crippen molar-refractivity contribution in [1.82, 2.24) is 0 Å². The van der Waals surface area contributed by atoms with Crippen molar-refractivity contribution >= 4 is 58.1 Å². The summed E-state index contributed by atoms with van der Waals surface area (Å²) in [5.41, 5.74) is 45.4. The quantitative estimate of drug-likeness (QED) is 0.0456. The van der Waals surface area contributed by atoms with Gasteiger partial charge in [0.1, 0.15) is 11.6 Å². The number of amidine groups is 1. The molecule has 3 aromatic carbocycles. The molecule has 0 amide bonds. The van der Waals surface area contributed by atoms with Crippen LogP contribution in [0.25, 0.3) is 0 Å². The second kappa shape index (κ2) is 18.8. The molecule has 0 unspecified atom stereocenters. The van der Waals surface area contributed by atoms with Crippen LogP contribution >= 0.6 is 0 Å². The van der Waals surface area contributed by atoms with E-state index < -0.39 is 0 Å². The first kappa shape index (κ1) is 40.4. The van der Waals surface area contributed by atoms with Crippen LogP contribution in [-0.4, -0.2) is 64.7 Å². The summed E-state index contributed by atoms with van der Waals surface area (Å²) >= 11 is 0. The number of nitrogens with one attached hydrogen (secondary N) is 1. The van der Waals surface area contributed by atoms with Gasteiger partial charge in [0, 0.05) is 30.5 Å². The Balaban J connectivity index is 1.89. The van der Waals surface area contributed by atoms with Crippen LogP contribution < -0.4 is 40.1 Å². The van der Waals surface area contributed by atoms with Crippen LogP contribution in [0, 0.1) is 5.41 Å². The summed E-state index contributed by atoms with van der Waals surface area (Å²) in [4.78, 5) is 31.5. The SMILES string of the molecule is CC(=NCC(=N)N)c1cc(CC(=O)Cc2cccc(CC(=O)c3cc(/C(C)=N\N=C(N)N)cc(/C(C)=N\N=C(N)N)c3)c2)cc(/C(C)=N\N=C(N)N)c1. The highest BCUT2D eigenvalue weighted by atomic mass is 16.1. The van der Waals surface area contributed by atoms with Crippen molar-refractivity contribution in [3.63, 3.8) is 0 Å². The van der Waals surface area contributed by atoms with Gasteiger partial charge in [0.05, 0.1) is 23.7 Å². The lowest BCUT2D eigenvalue weighted by Crippen LogP contribution is -2.22. The normalized spacial score (nSPS) is 12.2. The van der Waals surface area contributed by atoms with Gasteiger partial charge in [-0.2, -0.15) is 15.3 Å². The van der Waals surface area contributed by atoms with E-state index in [1.165, 1.54) is 0 Å². The zero-order valence-electron chi connectivity index (χ0n) is 30.1. The predicted molar refractivity (Wildman–Crippen MR) is 213 cm³/mol. The van der Waals surface area contributed by atoms with Gasteiger partial charge in [-0.25, -0.2) is 0 Å². The Morgan fingerprint density at radius 2 is 0.906 bits per heavy atom. The topological polar surface area (TPSA) is 327 Å². The van der Waals surface area contributed by atoms with Crippen molar-refractivity contribution in [2.75, 3.05) is 6.54 Å². The zero-order chi connectivity index (χ0) is 39.2. The van der Waals surface area contributed by atoms with Crippen LogP contribution in [0.4, 0.5) is 0 Å². The van der Waals surface area contributed by atoms with Crippen LogP contribution in [0.15, 0.2) is 96.3 Å². The predicted octanol–water partition coefficient (Wildman–Crippen LogP) is 1.20. The summed E-state index contributed by atoms with van der Waals surface area (Å²) < 4.78 is 0. The fourth-order valence-corrected chi connectivity index (χ4v) is 4.94. The Morgan fingerprint density at radius 3 is 1.36 bits per heavy atom. The highest BCUT2D eigenvalue weighted by Crippen LogP contribution is 2.19. The third kappa shape index (κ3) is 13.3. The van der Waals surface area contributed by atoms with Gasteiger partial charge in [-0.1, -0.05) is 24.3 Å². The molecule has 0 aromatic heterocycles. The average molecular weight is 720 g/mol. The number of nitrogens with two attached hydrogens (primary N) is 7. The Kier molecular flexibility index (Phi) is 14.3. The molecule has 0 aliphatic heterocycles. The third-order valence-electron chi connectivity index (χ3n) is 7.51. The van der Waals surface area contributed by atoms with Crippen molar-refractivity contribution < 1.29 is 9.59 Å². The Bertz CT molecular complexity index is 2040. The summed E-state index contributed by atoms with van der Waals surface area (Å²) in [5.74, 6) is -0.938. The minimum Gasteiger partial charge on any atom is -0.386 e. The van der Waals surface area contributed by atoms with Crippen LogP contribution in [-0.2, 0) is 24.1 Å². The summed E-state index contributed by atoms with van der Waals surface area (Å²) in [6.07, 6.45) is 0.287. The largest absolute Gasteiger partial charge is 0.386 e. The van der Waals surface area contributed by atoms with Crippen LogP contribution in [0.5, 0.6) is 0 Å². The van der Waals surface area contributed by atoms with E-state index in [4.69, 9.17) is 45.5 Å². The van der Waals surface area contributed by atoms with Crippen molar-refractivity contribution in [3.8, 4) is 0 Å². The third-order valence-corrected chi connectivity index (χ3v) is 7.51. The van der Waals surface area contributed by atoms with Crippen LogP contribution in [0.1, 0.15) is 77.0 Å². The molecule has 0 fully saturated rings. The second-order valence-electron chi connectivity index (χ2n) is 12.1. The molecule has 53 heavy (non-hydrogen) atoms. The minimum absolute atomic E-state index is 0.0392. The molecular weight excluding hydrogens is 674 g/mol. The summed E-state index contributed by atoms with van der Waals surface area (Å²) in [5, 5.41) is 30.8. The highest BCUT2D eigenvalue weighted by Gasteiger charge is 2.15. The zero-order valence-corrected chi connectivity index (χ0v) is 30.1. The van der Waals surface area contributed by atoms with E-state index in [2.05, 4.69) is 35.6 Å². The molecule has 17 nitrogen and oxygen atoms in total. The van der Waals surface area contributed by atoms with Gasteiger partial charge in [0.25, 0.3) is 0 Å². The molecule has 0 aliphatic carbocycles. The molecule has 3 aromatic rings. The van der Waals surface area contributed by atoms with Crippen molar-refractivity contribution in [2.45, 2.75) is 47.0 Å². The molecule has 0 spiro atoms. The van der Waals surface area contributed by atoms with E-state index in [1.54, 1.807) is 45.9 Å². The number of benzene rings is 3. The van der Waals surface area contributed by atoms with E-state index in [1.807, 2.05) is 42.5 Å². The maximum atomic E-state index is 13.7. The van der Waals surface area contributed by atoms with Gasteiger partial charge >= 0.3 is 0 Å². The number of carbonyl (C=O) groups excluding carboxylic acids is 2. The summed E-state index contributed by atoms with van der Waals surface area (Å²) in [7, 11) is 0. The van der Waals surface area contributed by atoms with Gasteiger partial charge in [-0.15, -0.1) is 15.3 Å². The van der Waals surface area contributed by atoms with Crippen molar-refractivity contribution in [1.29, 1.82) is 5.41 Å². The number of Topliss-reactive ketones (excluding diaryl/α,β-unsaturated/α-hetero) is 2. The second-order valence-corrected chi connectivity index (χ2v) is 12.1. The Labute approximate surface area is 307 Å². The standard InChI is InChI=1S/C36H45N15O2/c1-19(45-18-33(37)38)26-9-25(10-27(14-26)20(2)46-49-34(39)40)12-31(52)11-23-6-5-7-24(8-23)13-32(53)30-16-28(21(3)47-50-35(41)42)15-29(17-30)22(4)48-51-36(43)44/h5-10,14-17H,11-13,18H2,1-4H3,(H3,37,38)(H4,39,40,49)(H4,41,42,50)(H4,43,44,51)/b45-19?,46-20-,47-21-,48-22-. The van der Waals surface area contributed by atoms with E-state index >= 15 is 0 Å². The molecule has 0 saturated heterocycles. The van der Waals surface area contributed by atoms with Gasteiger partial charge in [0.2, 0.25) is 17.9 Å². The Morgan fingerprint density at radius 1 is 0.509 bits per heavy atom. The van der Waals surface area contributed by atoms with E-state index in [0.717, 1.165) is 22.3 Å². The first-order chi connectivity index (χ1) is 25.0. The molecular formula is C36H45N15O2. The molecule has 0 radical (unpaired) electrons. The number of rotatable bonds is 16. The number of nitrogens with zero attached hydrogens (tertiary/aromatic N) is 7. The lowest BCUT2D eigenvalue weighted by Gasteiger charge is -2.11. The molecule has 3 rings (SSSR count). The summed E-state index contributed by atoms with van der Waals surface area (Å²) in [6.45, 7) is 6.97. The molecule has 15 N–H and O–H groups in total. The lowest BCUT2D eigenvalue weighted by atomic mass is 9.94. The Hall–Kier alpha value is -7.04. The molecule has 0 aliphatic rings. The maximum absolute atomic E-state index is 13.7. The molecule has 17 heteroatoms. The fraction of sp³-hybridized carbons (Fsp3) is 0.222. The number of carbonyl (C=O) groups is 2. The molecule has 276 valence electrons. The average Bonchev–Trinajstić information content (AvgIpc) is 3.10. The van der Waals surface area contributed by atoms with Crippen molar-refractivity contribution in [2.24, 2.45) is 75.7 Å². The molecule has 0 heterocycles. The summed E-state index contributed by atoms with van der Waals surface area (Å²) in [6, 6.07) is 18.0. The monoisotopic (exact) mass is 719 g/mol. The van der Waals surface area contributed by atoms with Gasteiger partial charge < -0.3 is 40.1 Å². The minimum atomic E-state index is -0.214. The molecule has 0 bridgehead atoms. The van der Waals surface area contributed by atoms with Crippen molar-refractivity contribution in [3.05, 3.63) is 105 Å².